The van der Waals surface area contributed by atoms with Crippen molar-refractivity contribution < 1.29 is 13.2 Å². The number of para-hydroxylation sites is 1. The fourth-order valence-electron chi connectivity index (χ4n) is 2.64. The number of nitrogens with zero attached hydrogens (tertiary/aromatic N) is 3. The van der Waals surface area contributed by atoms with Gasteiger partial charge in [0.2, 0.25) is 5.95 Å². The molecule has 4 aromatic rings. The number of carbonyl (C=O) groups excluding carboxylic acids is 1. The molecule has 2 heterocycles. The number of nitrogens with one attached hydrogen (secondary N) is 2. The average Bonchev–Trinajstić information content (AvgIpc) is 2.74. The highest BCUT2D eigenvalue weighted by Gasteiger charge is 2.16. The molecule has 8 nitrogen and oxygen atoms in total. The lowest BCUT2D eigenvalue weighted by Crippen LogP contribution is -2.16. The third-order valence-corrected chi connectivity index (χ3v) is 5.39. The van der Waals surface area contributed by atoms with Crippen molar-refractivity contribution in [3.63, 3.8) is 0 Å². The molecule has 0 fully saturated rings. The Morgan fingerprint density at radius 2 is 1.55 bits per heavy atom. The molecule has 29 heavy (non-hydrogen) atoms. The van der Waals surface area contributed by atoms with Crippen molar-refractivity contribution in [2.75, 3.05) is 10.0 Å². The molecule has 0 aliphatic heterocycles. The SMILES string of the molecule is O=C(Nc1ccc(S(=O)(=O)Nc2ncccn2)cc1)c1ccc2ccccc2n1. The molecule has 4 rings (SSSR count). The van der Waals surface area contributed by atoms with Gasteiger partial charge in [-0.05, 0) is 42.5 Å². The van der Waals surface area contributed by atoms with Gasteiger partial charge < -0.3 is 5.32 Å². The highest BCUT2D eigenvalue weighted by atomic mass is 32.2. The number of hydrogen-bond acceptors (Lipinski definition) is 6. The van der Waals surface area contributed by atoms with Gasteiger partial charge in [0.1, 0.15) is 5.69 Å². The number of carbonyl (C=O) groups is 1. The Hall–Kier alpha value is -3.85. The van der Waals surface area contributed by atoms with Crippen molar-refractivity contribution in [1.29, 1.82) is 0 Å². The summed E-state index contributed by atoms with van der Waals surface area (Å²) in [6.07, 6.45) is 2.87. The molecule has 0 radical (unpaired) electrons. The number of rotatable bonds is 5. The van der Waals surface area contributed by atoms with Crippen LogP contribution in [-0.4, -0.2) is 29.3 Å². The fraction of sp³-hybridized carbons (Fsp3) is 0. The second kappa shape index (κ2) is 7.64. The van der Waals surface area contributed by atoms with Crippen LogP contribution in [0, 0.1) is 0 Å². The van der Waals surface area contributed by atoms with Gasteiger partial charge in [-0.3, -0.25) is 4.79 Å². The summed E-state index contributed by atoms with van der Waals surface area (Å²) in [5.74, 6) is -0.408. The predicted octanol–water partition coefficient (Wildman–Crippen LogP) is 3.08. The van der Waals surface area contributed by atoms with Crippen LogP contribution in [0.2, 0.25) is 0 Å². The van der Waals surface area contributed by atoms with Crippen molar-refractivity contribution in [3.05, 3.63) is 84.8 Å². The number of fused-ring (bicyclic) bond motifs is 1. The molecule has 144 valence electrons. The molecule has 1 amide bonds. The predicted molar refractivity (Wildman–Crippen MR) is 109 cm³/mol. The number of amides is 1. The van der Waals surface area contributed by atoms with Crippen LogP contribution in [0.15, 0.2) is 84.0 Å². The van der Waals surface area contributed by atoms with Crippen LogP contribution >= 0.6 is 0 Å². The van der Waals surface area contributed by atoms with Crippen LogP contribution in [0.25, 0.3) is 10.9 Å². The van der Waals surface area contributed by atoms with Crippen molar-refractivity contribution in [2.24, 2.45) is 0 Å². The second-order valence-corrected chi connectivity index (χ2v) is 7.73. The zero-order valence-corrected chi connectivity index (χ0v) is 15.8. The monoisotopic (exact) mass is 405 g/mol. The molecular weight excluding hydrogens is 390 g/mol. The zero-order valence-electron chi connectivity index (χ0n) is 15.0. The van der Waals surface area contributed by atoms with Gasteiger partial charge in [0.05, 0.1) is 10.4 Å². The van der Waals surface area contributed by atoms with Gasteiger partial charge >= 0.3 is 0 Å². The topological polar surface area (TPSA) is 114 Å². The van der Waals surface area contributed by atoms with Gasteiger partial charge in [-0.2, -0.15) is 0 Å². The summed E-state index contributed by atoms with van der Waals surface area (Å²) in [4.78, 5) is 24.5. The van der Waals surface area contributed by atoms with Gasteiger partial charge in [0, 0.05) is 23.5 Å². The normalized spacial score (nSPS) is 11.2. The van der Waals surface area contributed by atoms with E-state index in [-0.39, 0.29) is 22.4 Å². The molecule has 0 saturated heterocycles. The largest absolute Gasteiger partial charge is 0.321 e. The Bertz CT molecular complexity index is 1280. The lowest BCUT2D eigenvalue weighted by Gasteiger charge is -2.08. The van der Waals surface area contributed by atoms with E-state index in [9.17, 15) is 13.2 Å². The zero-order chi connectivity index (χ0) is 20.3. The number of benzene rings is 2. The van der Waals surface area contributed by atoms with Crippen LogP contribution < -0.4 is 10.0 Å². The summed E-state index contributed by atoms with van der Waals surface area (Å²) in [6.45, 7) is 0. The number of anilines is 2. The van der Waals surface area contributed by atoms with E-state index < -0.39 is 10.0 Å². The van der Waals surface area contributed by atoms with Crippen molar-refractivity contribution >= 4 is 38.5 Å². The highest BCUT2D eigenvalue weighted by molar-refractivity contribution is 7.92. The van der Waals surface area contributed by atoms with Crippen LogP contribution in [0.3, 0.4) is 0 Å². The third kappa shape index (κ3) is 4.19. The first-order valence-corrected chi connectivity index (χ1v) is 10.1. The van der Waals surface area contributed by atoms with E-state index in [0.29, 0.717) is 5.69 Å². The molecule has 9 heteroatoms. The quantitative estimate of drug-likeness (QED) is 0.527. The Labute approximate surface area is 166 Å². The van der Waals surface area contributed by atoms with E-state index >= 15 is 0 Å². The van der Waals surface area contributed by atoms with Gasteiger partial charge in [-0.1, -0.05) is 24.3 Å². The van der Waals surface area contributed by atoms with Crippen molar-refractivity contribution in [2.45, 2.75) is 4.90 Å². The van der Waals surface area contributed by atoms with E-state index in [1.807, 2.05) is 30.3 Å². The van der Waals surface area contributed by atoms with Crippen LogP contribution in [0.1, 0.15) is 10.5 Å². The fourth-order valence-corrected chi connectivity index (χ4v) is 3.59. The molecule has 2 N–H and O–H groups in total. The third-order valence-electron chi connectivity index (χ3n) is 4.04. The van der Waals surface area contributed by atoms with Crippen LogP contribution in [-0.2, 0) is 10.0 Å². The van der Waals surface area contributed by atoms with Crippen molar-refractivity contribution in [1.82, 2.24) is 15.0 Å². The van der Waals surface area contributed by atoms with Gasteiger partial charge in [0.15, 0.2) is 0 Å². The van der Waals surface area contributed by atoms with E-state index in [1.54, 1.807) is 12.1 Å². The van der Waals surface area contributed by atoms with Gasteiger partial charge in [0.25, 0.3) is 15.9 Å². The smallest absolute Gasteiger partial charge is 0.274 e. The molecule has 2 aromatic heterocycles. The molecule has 0 spiro atoms. The molecule has 0 aliphatic rings. The summed E-state index contributed by atoms with van der Waals surface area (Å²) in [5.41, 5.74) is 1.43. The number of sulfonamides is 1. The molecule has 0 unspecified atom stereocenters. The second-order valence-electron chi connectivity index (χ2n) is 6.05. The first kappa shape index (κ1) is 18.5. The average molecular weight is 405 g/mol. The van der Waals surface area contributed by atoms with Crippen LogP contribution in [0.5, 0.6) is 0 Å². The molecule has 2 aromatic carbocycles. The summed E-state index contributed by atoms with van der Waals surface area (Å²) in [6, 6.07) is 18.3. The highest BCUT2D eigenvalue weighted by Crippen LogP contribution is 2.18. The lowest BCUT2D eigenvalue weighted by atomic mass is 10.2. The molecule has 0 aliphatic carbocycles. The molecule has 0 bridgehead atoms. The van der Waals surface area contributed by atoms with Crippen molar-refractivity contribution in [3.8, 4) is 0 Å². The van der Waals surface area contributed by atoms with Gasteiger partial charge in [-0.15, -0.1) is 0 Å². The molecular formula is C20H15N5O3S. The van der Waals surface area contributed by atoms with Crippen LogP contribution in [0.4, 0.5) is 11.6 Å². The summed E-state index contributed by atoms with van der Waals surface area (Å²) in [5, 5.41) is 3.65. The Morgan fingerprint density at radius 3 is 2.31 bits per heavy atom. The standard InChI is InChI=1S/C20H15N5O3S/c26-19(18-11-6-14-4-1-2-5-17(14)24-18)23-15-7-9-16(10-8-15)29(27,28)25-20-21-12-3-13-22-20/h1-13H,(H,23,26)(H,21,22,25). The molecule has 0 atom stereocenters. The number of hydrogen-bond donors (Lipinski definition) is 2. The summed E-state index contributed by atoms with van der Waals surface area (Å²) >= 11 is 0. The molecule has 0 saturated carbocycles. The summed E-state index contributed by atoms with van der Waals surface area (Å²) < 4.78 is 27.1. The van der Waals surface area contributed by atoms with E-state index in [0.717, 1.165) is 10.9 Å². The Morgan fingerprint density at radius 1 is 0.828 bits per heavy atom. The minimum absolute atomic E-state index is 0.0202. The Kier molecular flexibility index (Phi) is 4.88. The maximum atomic E-state index is 12.5. The minimum atomic E-state index is -3.84. The Balaban J connectivity index is 1.49. The maximum absolute atomic E-state index is 12.5. The van der Waals surface area contributed by atoms with E-state index in [1.165, 1.54) is 36.7 Å². The lowest BCUT2D eigenvalue weighted by molar-refractivity contribution is 0.102. The minimum Gasteiger partial charge on any atom is -0.321 e. The summed E-state index contributed by atoms with van der Waals surface area (Å²) in [7, 11) is -3.84. The van der Waals surface area contributed by atoms with E-state index in [4.69, 9.17) is 0 Å². The first-order valence-electron chi connectivity index (χ1n) is 8.58. The van der Waals surface area contributed by atoms with Gasteiger partial charge in [-0.25, -0.2) is 28.1 Å². The maximum Gasteiger partial charge on any atom is 0.274 e. The van der Waals surface area contributed by atoms with E-state index in [2.05, 4.69) is 25.0 Å². The number of aromatic nitrogens is 3. The first-order chi connectivity index (χ1) is 14.0. The number of pyridine rings is 1.